The molecule has 2 saturated carbocycles. The second kappa shape index (κ2) is 7.88. The van der Waals surface area contributed by atoms with Crippen molar-refractivity contribution in [3.63, 3.8) is 0 Å². The number of hydrogen-bond donors (Lipinski definition) is 2. The maximum atomic E-state index is 13.1. The van der Waals surface area contributed by atoms with Crippen molar-refractivity contribution in [3.8, 4) is 0 Å². The molecule has 0 radical (unpaired) electrons. The Morgan fingerprint density at radius 3 is 2.40 bits per heavy atom. The highest BCUT2D eigenvalue weighted by Gasteiger charge is 2.41. The van der Waals surface area contributed by atoms with E-state index in [0.717, 1.165) is 18.4 Å². The third-order valence-electron chi connectivity index (χ3n) is 6.31. The molecule has 1 aromatic carbocycles. The second-order valence-corrected chi connectivity index (χ2v) is 8.00. The van der Waals surface area contributed by atoms with Crippen molar-refractivity contribution >= 4 is 5.91 Å². The number of carbonyl (C=O) groups is 1. The minimum atomic E-state index is -0.630. The van der Waals surface area contributed by atoms with Gasteiger partial charge in [-0.2, -0.15) is 0 Å². The van der Waals surface area contributed by atoms with E-state index in [1.54, 1.807) is 0 Å². The molecule has 1 amide bonds. The van der Waals surface area contributed by atoms with Gasteiger partial charge in [0.2, 0.25) is 5.91 Å². The molecule has 0 aromatic heterocycles. The maximum absolute atomic E-state index is 13.1. The first-order chi connectivity index (χ1) is 12.0. The molecule has 3 atom stereocenters. The molecule has 4 nitrogen and oxygen atoms in total. The number of aliphatic hydroxyl groups is 1. The molecule has 1 aromatic rings. The summed E-state index contributed by atoms with van der Waals surface area (Å²) in [6, 6.07) is 8.18. The van der Waals surface area contributed by atoms with Crippen LogP contribution in [0, 0.1) is 24.7 Å². The fourth-order valence-corrected chi connectivity index (χ4v) is 4.73. The molecular weight excluding hydrogens is 312 g/mol. The van der Waals surface area contributed by atoms with Gasteiger partial charge in [0.15, 0.2) is 0 Å². The van der Waals surface area contributed by atoms with Crippen LogP contribution < -0.4 is 5.73 Å². The van der Waals surface area contributed by atoms with Crippen LogP contribution in [0.5, 0.6) is 0 Å². The standard InChI is InChI=1S/C21H32N2O2/c1-3-23(13-19(24)15-9-7-14(2)8-10-15)21(25)18-11-16-5-4-6-17(12-18)20(16)22/h7-10,16-20,24H,3-6,11-13,22H2,1-2H3. The average molecular weight is 344 g/mol. The maximum Gasteiger partial charge on any atom is 0.225 e. The molecule has 0 saturated heterocycles. The van der Waals surface area contributed by atoms with E-state index in [1.807, 2.05) is 43.0 Å². The second-order valence-electron chi connectivity index (χ2n) is 8.00. The van der Waals surface area contributed by atoms with Crippen LogP contribution in [0.25, 0.3) is 0 Å². The Bertz CT molecular complexity index is 572. The summed E-state index contributed by atoms with van der Waals surface area (Å²) in [6.45, 7) is 5.04. The van der Waals surface area contributed by atoms with Gasteiger partial charge < -0.3 is 15.7 Å². The average Bonchev–Trinajstić information content (AvgIpc) is 2.59. The van der Waals surface area contributed by atoms with Crippen LogP contribution in [0.2, 0.25) is 0 Å². The Balaban J connectivity index is 1.64. The number of nitrogens with two attached hydrogens (primary N) is 1. The predicted molar refractivity (Wildman–Crippen MR) is 99.9 cm³/mol. The highest BCUT2D eigenvalue weighted by atomic mass is 16.3. The normalized spacial score (nSPS) is 29.9. The van der Waals surface area contributed by atoms with Gasteiger partial charge >= 0.3 is 0 Å². The summed E-state index contributed by atoms with van der Waals surface area (Å²) in [4.78, 5) is 14.9. The number of benzene rings is 1. The fourth-order valence-electron chi connectivity index (χ4n) is 4.73. The first-order valence-electron chi connectivity index (χ1n) is 9.78. The zero-order valence-electron chi connectivity index (χ0n) is 15.5. The van der Waals surface area contributed by atoms with Gasteiger partial charge in [0.25, 0.3) is 0 Å². The monoisotopic (exact) mass is 344 g/mol. The molecule has 3 unspecified atom stereocenters. The smallest absolute Gasteiger partial charge is 0.225 e. The number of amides is 1. The third kappa shape index (κ3) is 4.06. The van der Waals surface area contributed by atoms with E-state index in [-0.39, 0.29) is 17.9 Å². The van der Waals surface area contributed by atoms with Gasteiger partial charge in [-0.05, 0) is 56.9 Å². The Morgan fingerprint density at radius 2 is 1.84 bits per heavy atom. The van der Waals surface area contributed by atoms with E-state index in [9.17, 15) is 9.90 Å². The van der Waals surface area contributed by atoms with Crippen molar-refractivity contribution in [1.29, 1.82) is 0 Å². The molecule has 3 rings (SSSR count). The predicted octanol–water partition coefficient (Wildman–Crippen LogP) is 3.03. The van der Waals surface area contributed by atoms with Crippen LogP contribution in [0.4, 0.5) is 0 Å². The molecule has 2 aliphatic rings. The first-order valence-corrected chi connectivity index (χ1v) is 9.78. The van der Waals surface area contributed by atoms with Crippen LogP contribution in [-0.4, -0.2) is 35.0 Å². The number of nitrogens with zero attached hydrogens (tertiary/aromatic N) is 1. The summed E-state index contributed by atoms with van der Waals surface area (Å²) in [7, 11) is 0. The summed E-state index contributed by atoms with van der Waals surface area (Å²) in [6.07, 6.45) is 4.81. The van der Waals surface area contributed by atoms with Gasteiger partial charge in [-0.1, -0.05) is 36.2 Å². The number of likely N-dealkylation sites (N-methyl/N-ethyl adjacent to an activating group) is 1. The van der Waals surface area contributed by atoms with Crippen molar-refractivity contribution in [3.05, 3.63) is 35.4 Å². The molecule has 3 N–H and O–H groups in total. The fraction of sp³-hybridized carbons (Fsp3) is 0.667. The topological polar surface area (TPSA) is 66.6 Å². The number of aliphatic hydroxyl groups excluding tert-OH is 1. The number of aryl methyl sites for hydroxylation is 1. The first kappa shape index (κ1) is 18.4. The van der Waals surface area contributed by atoms with Gasteiger partial charge in [0, 0.05) is 18.5 Å². The van der Waals surface area contributed by atoms with Crippen LogP contribution in [0.1, 0.15) is 56.3 Å². The lowest BCUT2D eigenvalue weighted by Gasteiger charge is -2.44. The molecule has 0 heterocycles. The Labute approximate surface area is 151 Å². The molecule has 2 bridgehead atoms. The summed E-state index contributed by atoms with van der Waals surface area (Å²) in [5.74, 6) is 1.29. The van der Waals surface area contributed by atoms with E-state index in [0.29, 0.717) is 24.9 Å². The molecule has 0 aliphatic heterocycles. The van der Waals surface area contributed by atoms with E-state index >= 15 is 0 Å². The molecule has 2 aliphatic carbocycles. The van der Waals surface area contributed by atoms with Crippen LogP contribution in [-0.2, 0) is 4.79 Å². The van der Waals surface area contributed by atoms with Crippen molar-refractivity contribution in [2.75, 3.05) is 13.1 Å². The van der Waals surface area contributed by atoms with Gasteiger partial charge in [0.05, 0.1) is 12.6 Å². The highest BCUT2D eigenvalue weighted by molar-refractivity contribution is 5.79. The number of fused-ring (bicyclic) bond motifs is 2. The minimum Gasteiger partial charge on any atom is -0.387 e. The molecular formula is C21H32N2O2. The molecule has 2 fully saturated rings. The Morgan fingerprint density at radius 1 is 1.24 bits per heavy atom. The summed E-state index contributed by atoms with van der Waals surface area (Å²) in [5, 5.41) is 10.5. The summed E-state index contributed by atoms with van der Waals surface area (Å²) < 4.78 is 0. The van der Waals surface area contributed by atoms with E-state index in [4.69, 9.17) is 5.73 Å². The largest absolute Gasteiger partial charge is 0.387 e. The van der Waals surface area contributed by atoms with Crippen LogP contribution in [0.15, 0.2) is 24.3 Å². The zero-order chi connectivity index (χ0) is 18.0. The SMILES string of the molecule is CCN(CC(O)c1ccc(C)cc1)C(=O)C1CC2CCCC(C1)C2N. The lowest BCUT2D eigenvalue weighted by atomic mass is 9.65. The Hall–Kier alpha value is -1.39. The molecule has 25 heavy (non-hydrogen) atoms. The minimum absolute atomic E-state index is 0.0836. The molecule has 4 heteroatoms. The number of carbonyl (C=O) groups excluding carboxylic acids is 1. The van der Waals surface area contributed by atoms with Gasteiger partial charge in [-0.15, -0.1) is 0 Å². The lowest BCUT2D eigenvalue weighted by Crippen LogP contribution is -2.50. The molecule has 0 spiro atoms. The van der Waals surface area contributed by atoms with Crippen molar-refractivity contribution in [2.24, 2.45) is 23.5 Å². The van der Waals surface area contributed by atoms with Crippen LogP contribution >= 0.6 is 0 Å². The van der Waals surface area contributed by atoms with Crippen molar-refractivity contribution < 1.29 is 9.90 Å². The van der Waals surface area contributed by atoms with E-state index < -0.39 is 6.10 Å². The molecule has 138 valence electrons. The quantitative estimate of drug-likeness (QED) is 0.863. The third-order valence-corrected chi connectivity index (χ3v) is 6.31. The lowest BCUT2D eigenvalue weighted by molar-refractivity contribution is -0.139. The zero-order valence-corrected chi connectivity index (χ0v) is 15.5. The van der Waals surface area contributed by atoms with Gasteiger partial charge in [0.1, 0.15) is 0 Å². The number of hydrogen-bond acceptors (Lipinski definition) is 3. The van der Waals surface area contributed by atoms with Crippen LogP contribution in [0.3, 0.4) is 0 Å². The van der Waals surface area contributed by atoms with Gasteiger partial charge in [-0.25, -0.2) is 0 Å². The van der Waals surface area contributed by atoms with Gasteiger partial charge in [-0.3, -0.25) is 4.79 Å². The summed E-state index contributed by atoms with van der Waals surface area (Å²) in [5.41, 5.74) is 8.40. The van der Waals surface area contributed by atoms with Crippen molar-refractivity contribution in [2.45, 2.75) is 58.1 Å². The highest BCUT2D eigenvalue weighted by Crippen LogP contribution is 2.42. The summed E-state index contributed by atoms with van der Waals surface area (Å²) >= 11 is 0. The Kier molecular flexibility index (Phi) is 5.80. The van der Waals surface area contributed by atoms with Crippen molar-refractivity contribution in [1.82, 2.24) is 4.90 Å². The number of rotatable bonds is 5. The van der Waals surface area contributed by atoms with E-state index in [2.05, 4.69) is 0 Å². The van der Waals surface area contributed by atoms with E-state index in [1.165, 1.54) is 24.8 Å².